The maximum atomic E-state index is 12.4. The Morgan fingerprint density at radius 3 is 2.50 bits per heavy atom. The fraction of sp³-hybridized carbons (Fsp3) is 0.562. The van der Waals surface area contributed by atoms with E-state index < -0.39 is 0 Å². The molecule has 4 heteroatoms. The highest BCUT2D eigenvalue weighted by Gasteiger charge is 2.32. The zero-order valence-corrected chi connectivity index (χ0v) is 13.0. The maximum Gasteiger partial charge on any atom is 0.315 e. The first kappa shape index (κ1) is 17.0. The van der Waals surface area contributed by atoms with Gasteiger partial charge in [0, 0.05) is 6.04 Å². The van der Waals surface area contributed by atoms with Crippen LogP contribution in [0, 0.1) is 0 Å². The first-order valence-electron chi connectivity index (χ1n) is 7.17. The Kier molecular flexibility index (Phi) is 7.03. The summed E-state index contributed by atoms with van der Waals surface area (Å²) in [7, 11) is 0. The quantitative estimate of drug-likeness (QED) is 0.867. The summed E-state index contributed by atoms with van der Waals surface area (Å²) in [6.45, 7) is 4.78. The molecule has 0 aromatic heterocycles. The van der Waals surface area contributed by atoms with Crippen LogP contribution in [0.2, 0.25) is 0 Å². The Morgan fingerprint density at radius 1 is 1.25 bits per heavy atom. The van der Waals surface area contributed by atoms with E-state index in [-0.39, 0.29) is 36.4 Å². The van der Waals surface area contributed by atoms with Crippen molar-refractivity contribution in [3.05, 3.63) is 35.9 Å². The van der Waals surface area contributed by atoms with Gasteiger partial charge in [0.1, 0.15) is 0 Å². The molecule has 1 N–H and O–H groups in total. The first-order valence-corrected chi connectivity index (χ1v) is 7.17. The largest absolute Gasteiger partial charge is 0.462 e. The average molecular weight is 298 g/mol. The standard InChI is InChI=1S/C16H23NO2.ClH/c1-12(2)19-16(18)15(13-8-4-3-5-9-13)14-10-6-7-11-17-14;/h3-5,8-9,12,14-15,17H,6-7,10-11H2,1-2H3;1H. The number of rotatable bonds is 4. The summed E-state index contributed by atoms with van der Waals surface area (Å²) in [5.41, 5.74) is 1.05. The molecule has 112 valence electrons. The highest BCUT2D eigenvalue weighted by atomic mass is 35.5. The van der Waals surface area contributed by atoms with E-state index in [1.165, 1.54) is 12.8 Å². The van der Waals surface area contributed by atoms with Crippen molar-refractivity contribution in [2.24, 2.45) is 0 Å². The van der Waals surface area contributed by atoms with Gasteiger partial charge in [-0.2, -0.15) is 0 Å². The van der Waals surface area contributed by atoms with Crippen molar-refractivity contribution in [3.8, 4) is 0 Å². The van der Waals surface area contributed by atoms with Crippen molar-refractivity contribution in [3.63, 3.8) is 0 Å². The molecule has 1 heterocycles. The van der Waals surface area contributed by atoms with Gasteiger partial charge in [0.2, 0.25) is 0 Å². The van der Waals surface area contributed by atoms with Gasteiger partial charge in [-0.25, -0.2) is 0 Å². The molecular weight excluding hydrogens is 274 g/mol. The number of carbonyl (C=O) groups is 1. The molecule has 3 nitrogen and oxygen atoms in total. The zero-order valence-electron chi connectivity index (χ0n) is 12.2. The van der Waals surface area contributed by atoms with Gasteiger partial charge in [0.25, 0.3) is 0 Å². The SMILES string of the molecule is CC(C)OC(=O)C(c1ccccc1)C1CCCCN1.Cl. The molecule has 1 aromatic carbocycles. The van der Waals surface area contributed by atoms with Crippen molar-refractivity contribution < 1.29 is 9.53 Å². The van der Waals surface area contributed by atoms with Crippen LogP contribution < -0.4 is 5.32 Å². The summed E-state index contributed by atoms with van der Waals surface area (Å²) in [6.07, 6.45) is 3.34. The van der Waals surface area contributed by atoms with E-state index in [1.807, 2.05) is 44.2 Å². The molecule has 0 spiro atoms. The topological polar surface area (TPSA) is 38.3 Å². The molecule has 2 unspecified atom stereocenters. The lowest BCUT2D eigenvalue weighted by Crippen LogP contribution is -2.42. The third kappa shape index (κ3) is 4.50. The van der Waals surface area contributed by atoms with Crippen molar-refractivity contribution in [1.82, 2.24) is 5.32 Å². The van der Waals surface area contributed by atoms with E-state index in [4.69, 9.17) is 4.74 Å². The predicted molar refractivity (Wildman–Crippen MR) is 83.3 cm³/mol. The number of ether oxygens (including phenoxy) is 1. The first-order chi connectivity index (χ1) is 9.18. The number of benzene rings is 1. The van der Waals surface area contributed by atoms with Crippen LogP contribution >= 0.6 is 12.4 Å². The molecule has 0 radical (unpaired) electrons. The van der Waals surface area contributed by atoms with Gasteiger partial charge in [-0.05, 0) is 38.8 Å². The second kappa shape index (κ2) is 8.28. The van der Waals surface area contributed by atoms with Crippen LogP contribution in [0.25, 0.3) is 0 Å². The fourth-order valence-electron chi connectivity index (χ4n) is 2.66. The fourth-order valence-corrected chi connectivity index (χ4v) is 2.66. The van der Waals surface area contributed by atoms with Gasteiger partial charge in [-0.1, -0.05) is 36.8 Å². The van der Waals surface area contributed by atoms with Crippen molar-refractivity contribution in [1.29, 1.82) is 0 Å². The van der Waals surface area contributed by atoms with Gasteiger partial charge in [0.15, 0.2) is 0 Å². The lowest BCUT2D eigenvalue weighted by molar-refractivity contribution is -0.150. The summed E-state index contributed by atoms with van der Waals surface area (Å²) in [5.74, 6) is -0.301. The van der Waals surface area contributed by atoms with Crippen LogP contribution in [-0.4, -0.2) is 24.7 Å². The summed E-state index contributed by atoms with van der Waals surface area (Å²) in [5, 5.41) is 3.47. The lowest BCUT2D eigenvalue weighted by atomic mass is 9.86. The molecule has 1 saturated heterocycles. The molecule has 0 saturated carbocycles. The predicted octanol–water partition coefficient (Wildman–Crippen LogP) is 3.29. The highest BCUT2D eigenvalue weighted by molar-refractivity contribution is 5.85. The maximum absolute atomic E-state index is 12.4. The monoisotopic (exact) mass is 297 g/mol. The Morgan fingerprint density at radius 2 is 1.95 bits per heavy atom. The van der Waals surface area contributed by atoms with E-state index in [1.54, 1.807) is 0 Å². The summed E-state index contributed by atoms with van der Waals surface area (Å²) < 4.78 is 5.44. The van der Waals surface area contributed by atoms with Gasteiger partial charge in [-0.15, -0.1) is 12.4 Å². The summed E-state index contributed by atoms with van der Waals surface area (Å²) in [4.78, 5) is 12.4. The molecular formula is C16H24ClNO2. The average Bonchev–Trinajstić information content (AvgIpc) is 2.40. The molecule has 0 amide bonds. The minimum Gasteiger partial charge on any atom is -0.462 e. The van der Waals surface area contributed by atoms with Crippen LogP contribution in [0.15, 0.2) is 30.3 Å². The highest BCUT2D eigenvalue weighted by Crippen LogP contribution is 2.27. The number of piperidine rings is 1. The minimum atomic E-state index is -0.191. The number of halogens is 1. The second-order valence-corrected chi connectivity index (χ2v) is 5.43. The number of carbonyl (C=O) groups excluding carboxylic acids is 1. The van der Waals surface area contributed by atoms with E-state index in [9.17, 15) is 4.79 Å². The molecule has 20 heavy (non-hydrogen) atoms. The molecule has 2 rings (SSSR count). The van der Waals surface area contributed by atoms with E-state index in [0.717, 1.165) is 18.5 Å². The van der Waals surface area contributed by atoms with Crippen LogP contribution in [0.3, 0.4) is 0 Å². The number of nitrogens with one attached hydrogen (secondary N) is 1. The van der Waals surface area contributed by atoms with Crippen molar-refractivity contribution in [2.75, 3.05) is 6.54 Å². The number of hydrogen-bond acceptors (Lipinski definition) is 3. The second-order valence-electron chi connectivity index (χ2n) is 5.43. The third-order valence-corrected chi connectivity index (χ3v) is 3.52. The summed E-state index contributed by atoms with van der Waals surface area (Å²) >= 11 is 0. The van der Waals surface area contributed by atoms with Crippen LogP contribution in [0.5, 0.6) is 0 Å². The van der Waals surface area contributed by atoms with E-state index >= 15 is 0 Å². The lowest BCUT2D eigenvalue weighted by Gasteiger charge is -2.30. The molecule has 1 aliphatic rings. The molecule has 1 aromatic rings. The molecule has 1 aliphatic heterocycles. The molecule has 2 atom stereocenters. The Labute approximate surface area is 127 Å². The molecule has 0 aliphatic carbocycles. The number of hydrogen-bond donors (Lipinski definition) is 1. The van der Waals surface area contributed by atoms with E-state index in [2.05, 4.69) is 5.32 Å². The normalized spacial score (nSPS) is 20.1. The van der Waals surface area contributed by atoms with Gasteiger partial charge in [0.05, 0.1) is 12.0 Å². The van der Waals surface area contributed by atoms with Gasteiger partial charge in [-0.3, -0.25) is 4.79 Å². The van der Waals surface area contributed by atoms with Crippen molar-refractivity contribution in [2.45, 2.75) is 51.2 Å². The Balaban J connectivity index is 0.00000200. The molecule has 0 bridgehead atoms. The van der Waals surface area contributed by atoms with Crippen LogP contribution in [0.1, 0.15) is 44.6 Å². The van der Waals surface area contributed by atoms with E-state index in [0.29, 0.717) is 0 Å². The zero-order chi connectivity index (χ0) is 13.7. The number of esters is 1. The van der Waals surface area contributed by atoms with Crippen molar-refractivity contribution >= 4 is 18.4 Å². The third-order valence-electron chi connectivity index (χ3n) is 3.52. The Hall–Kier alpha value is -1.06. The minimum absolute atomic E-state index is 0. The molecule has 1 fully saturated rings. The summed E-state index contributed by atoms with van der Waals surface area (Å²) in [6, 6.07) is 10.2. The van der Waals surface area contributed by atoms with Gasteiger partial charge >= 0.3 is 5.97 Å². The smallest absolute Gasteiger partial charge is 0.315 e. The van der Waals surface area contributed by atoms with Gasteiger partial charge < -0.3 is 10.1 Å². The van der Waals surface area contributed by atoms with Crippen LogP contribution in [-0.2, 0) is 9.53 Å². The van der Waals surface area contributed by atoms with Crippen LogP contribution in [0.4, 0.5) is 0 Å². The Bertz CT molecular complexity index is 402.